The zero-order chi connectivity index (χ0) is 42.5. The fourth-order valence-electron chi connectivity index (χ4n) is 19.3. The summed E-state index contributed by atoms with van der Waals surface area (Å²) in [6.07, 6.45) is 8.53. The van der Waals surface area contributed by atoms with Crippen LogP contribution < -0.4 is 5.73 Å². The summed E-state index contributed by atoms with van der Waals surface area (Å²) in [5, 5.41) is 43.9. The van der Waals surface area contributed by atoms with Gasteiger partial charge in [0.05, 0.1) is 41.1 Å². The molecule has 9 saturated carbocycles. The van der Waals surface area contributed by atoms with E-state index in [-0.39, 0.29) is 87.5 Å². The molecule has 60 heavy (non-hydrogen) atoms. The molecule has 4 bridgehead atoms. The lowest BCUT2D eigenvalue weighted by Gasteiger charge is -2.64. The van der Waals surface area contributed by atoms with E-state index in [1.165, 1.54) is 0 Å². The zero-order valence-electron chi connectivity index (χ0n) is 35.4. The number of ether oxygens (including phenoxy) is 2. The molecule has 10 aliphatic carbocycles. The van der Waals surface area contributed by atoms with Crippen LogP contribution in [0.3, 0.4) is 0 Å². The molecule has 19 atom stereocenters. The van der Waals surface area contributed by atoms with Crippen molar-refractivity contribution in [2.24, 2.45) is 91.5 Å². The van der Waals surface area contributed by atoms with E-state index in [9.17, 15) is 44.7 Å². The molecule has 12 heteroatoms. The van der Waals surface area contributed by atoms with Crippen molar-refractivity contribution in [1.82, 2.24) is 0 Å². The lowest BCUT2D eigenvalue weighted by Crippen LogP contribution is -2.65. The van der Waals surface area contributed by atoms with Crippen LogP contribution in [-0.4, -0.2) is 62.9 Å². The second kappa shape index (κ2) is 11.7. The molecule has 12 aliphatic rings. The van der Waals surface area contributed by atoms with Crippen LogP contribution in [0.5, 0.6) is 0 Å². The highest BCUT2D eigenvalue weighted by molar-refractivity contribution is 6.08. The standard InChI is InChI=1S/C24H30N2O4.C24H29NO5/c1-21-6-4-14(27)19-20(26)12(9-23(19,21)11-25)17-13-3-7-24(8-5-16(29)30-24)22(13,2)10-15(28)18(17)21;1-21-6-4-14(26)19-20(29)12(9-23(19,21)11-25)17-13-3-7-24(8-5-16(28)30-24)22(13,2)10-15(27)18(17)21/h12-13,15,17-18,28H,3-10,26H2,1-2H3;12-13,15,17-19,27H,3-10H2,1-2H3/t12-,13?,15-,17?,18?,21?,22?,23+,24-;12-,13?,15-,17?,18?,19?,21?,22?,23+,24-/m11/s1. The third-order valence-electron chi connectivity index (χ3n) is 21.8. The third-order valence-corrected chi connectivity index (χ3v) is 21.8. The van der Waals surface area contributed by atoms with Crippen LogP contribution in [0.25, 0.3) is 0 Å². The Morgan fingerprint density at radius 3 is 1.68 bits per heavy atom. The summed E-state index contributed by atoms with van der Waals surface area (Å²) in [5.74, 6) is -1.35. The predicted octanol–water partition coefficient (Wildman–Crippen LogP) is 5.17. The number of nitrogens with two attached hydrogens (primary N) is 1. The van der Waals surface area contributed by atoms with Crippen molar-refractivity contribution in [1.29, 1.82) is 10.5 Å². The number of esters is 2. The van der Waals surface area contributed by atoms with Crippen LogP contribution >= 0.6 is 0 Å². The van der Waals surface area contributed by atoms with Gasteiger partial charge in [0, 0.05) is 59.6 Å². The SMILES string of the molecule is CC12C[C@@H](O)C3C(C1CC[C@@]21CCC(=O)O1)[C@H]1C[C@]2(C#N)C(=C1N)C(=O)CCC32C.CC12C[C@@H](O)C3C(C1CC[C@@]21CCC(=O)O1)[C@H]1C[C@]2(C#N)C(C(=O)CCC32C)C1=O. The molecule has 2 spiro atoms. The Kier molecular flexibility index (Phi) is 7.65. The summed E-state index contributed by atoms with van der Waals surface area (Å²) in [7, 11) is 0. The molecule has 2 heterocycles. The highest BCUT2D eigenvalue weighted by Crippen LogP contribution is 2.79. The first-order valence-electron chi connectivity index (χ1n) is 23.0. The van der Waals surface area contributed by atoms with Gasteiger partial charge in [-0.15, -0.1) is 0 Å². The molecule has 4 N–H and O–H groups in total. The van der Waals surface area contributed by atoms with Crippen molar-refractivity contribution in [3.05, 3.63) is 11.3 Å². The number of nitriles is 2. The molecule has 320 valence electrons. The minimum Gasteiger partial charge on any atom is -0.458 e. The first kappa shape index (κ1) is 39.3. The Labute approximate surface area is 351 Å². The Morgan fingerprint density at radius 1 is 0.633 bits per heavy atom. The van der Waals surface area contributed by atoms with Crippen LogP contribution in [0.2, 0.25) is 0 Å². The molecule has 11 unspecified atom stereocenters. The number of fused-ring (bicyclic) bond motifs is 14. The Balaban J connectivity index is 0.000000136. The van der Waals surface area contributed by atoms with E-state index in [0.717, 1.165) is 32.1 Å². The van der Waals surface area contributed by atoms with E-state index >= 15 is 0 Å². The normalized spacial score (nSPS) is 57.2. The van der Waals surface area contributed by atoms with Gasteiger partial charge in [-0.3, -0.25) is 24.0 Å². The van der Waals surface area contributed by atoms with Crippen molar-refractivity contribution >= 4 is 29.3 Å². The van der Waals surface area contributed by atoms with Crippen LogP contribution in [0, 0.1) is 108 Å². The zero-order valence-corrected chi connectivity index (χ0v) is 35.4. The number of Topliss-reactive ketones (excluding diaryl/α,β-unsaturated/α-hetero) is 3. The minimum absolute atomic E-state index is 0.0255. The van der Waals surface area contributed by atoms with Gasteiger partial charge < -0.3 is 25.4 Å². The summed E-state index contributed by atoms with van der Waals surface area (Å²) < 4.78 is 11.9. The maximum atomic E-state index is 13.6. The van der Waals surface area contributed by atoms with Crippen molar-refractivity contribution in [3.8, 4) is 12.1 Å². The molecular formula is C48H59N3O9. The Morgan fingerprint density at radius 2 is 1.17 bits per heavy atom. The largest absolute Gasteiger partial charge is 0.458 e. The van der Waals surface area contributed by atoms with E-state index in [4.69, 9.17) is 15.2 Å². The number of carbonyl (C=O) groups excluding carboxylic acids is 5. The van der Waals surface area contributed by atoms with E-state index in [1.54, 1.807) is 0 Å². The van der Waals surface area contributed by atoms with Gasteiger partial charge in [-0.2, -0.15) is 10.5 Å². The summed E-state index contributed by atoms with van der Waals surface area (Å²) in [5.41, 5.74) is 3.28. The fourth-order valence-corrected chi connectivity index (χ4v) is 19.3. The number of rotatable bonds is 0. The molecule has 12 nitrogen and oxygen atoms in total. The second-order valence-corrected chi connectivity index (χ2v) is 22.9. The van der Waals surface area contributed by atoms with Gasteiger partial charge in [-0.1, -0.05) is 27.7 Å². The first-order chi connectivity index (χ1) is 28.3. The minimum atomic E-state index is -0.976. The van der Waals surface area contributed by atoms with Crippen molar-refractivity contribution in [2.75, 3.05) is 0 Å². The molecule has 0 aromatic rings. The molecule has 0 amide bonds. The Bertz CT molecular complexity index is 2210. The lowest BCUT2D eigenvalue weighted by atomic mass is 9.39. The fraction of sp³-hybridized carbons (Fsp3) is 0.812. The molecule has 2 aliphatic heterocycles. The average Bonchev–Trinajstić information content (AvgIpc) is 4.03. The number of allylic oxidation sites excluding steroid dienone is 2. The quantitative estimate of drug-likeness (QED) is 0.213. The Hall–Kier alpha value is -3.61. The average molecular weight is 822 g/mol. The van der Waals surface area contributed by atoms with Crippen molar-refractivity contribution in [2.45, 2.75) is 154 Å². The van der Waals surface area contributed by atoms with Crippen LogP contribution in [0.1, 0.15) is 130 Å². The van der Waals surface area contributed by atoms with E-state index in [0.29, 0.717) is 81.9 Å². The number of aliphatic hydroxyl groups excluding tert-OH is 2. The number of aliphatic hydroxyl groups is 2. The smallest absolute Gasteiger partial charge is 0.306 e. The number of ketones is 3. The maximum Gasteiger partial charge on any atom is 0.306 e. The molecular weight excluding hydrogens is 763 g/mol. The lowest BCUT2D eigenvalue weighted by molar-refractivity contribution is -0.213. The highest BCUT2D eigenvalue weighted by atomic mass is 16.6. The maximum absolute atomic E-state index is 13.6. The van der Waals surface area contributed by atoms with Gasteiger partial charge in [0.1, 0.15) is 22.8 Å². The van der Waals surface area contributed by atoms with Gasteiger partial charge in [0.15, 0.2) is 5.78 Å². The number of carbonyl (C=O) groups is 5. The summed E-state index contributed by atoms with van der Waals surface area (Å²) in [6, 6.07) is 5.02. The van der Waals surface area contributed by atoms with Gasteiger partial charge in [0.25, 0.3) is 0 Å². The van der Waals surface area contributed by atoms with E-state index in [2.05, 4.69) is 39.8 Å². The van der Waals surface area contributed by atoms with Crippen molar-refractivity contribution < 1.29 is 43.7 Å². The summed E-state index contributed by atoms with van der Waals surface area (Å²) in [6.45, 7) is 8.54. The summed E-state index contributed by atoms with van der Waals surface area (Å²) in [4.78, 5) is 63.5. The predicted molar refractivity (Wildman–Crippen MR) is 210 cm³/mol. The van der Waals surface area contributed by atoms with E-state index < -0.39 is 51.0 Å². The van der Waals surface area contributed by atoms with Gasteiger partial charge >= 0.3 is 11.9 Å². The molecule has 12 rings (SSSR count). The molecule has 0 aromatic heterocycles. The number of nitrogens with zero attached hydrogens (tertiary/aromatic N) is 2. The second-order valence-electron chi connectivity index (χ2n) is 22.9. The molecule has 11 fully saturated rings. The topological polar surface area (TPSA) is 218 Å². The van der Waals surface area contributed by atoms with Crippen LogP contribution in [0.15, 0.2) is 11.3 Å². The van der Waals surface area contributed by atoms with E-state index in [1.807, 2.05) is 0 Å². The number of hydrogen-bond donors (Lipinski definition) is 3. The third kappa shape index (κ3) is 4.02. The molecule has 0 aromatic carbocycles. The van der Waals surface area contributed by atoms with Crippen LogP contribution in [0.4, 0.5) is 0 Å². The number of hydrogen-bond acceptors (Lipinski definition) is 12. The van der Waals surface area contributed by atoms with Gasteiger partial charge in [-0.05, 0) is 123 Å². The molecule has 0 radical (unpaired) electrons. The highest BCUT2D eigenvalue weighted by Gasteiger charge is 2.80. The van der Waals surface area contributed by atoms with Crippen LogP contribution in [-0.2, 0) is 33.4 Å². The van der Waals surface area contributed by atoms with Crippen molar-refractivity contribution in [3.63, 3.8) is 0 Å². The first-order valence-corrected chi connectivity index (χ1v) is 23.0. The molecule has 2 saturated heterocycles. The van der Waals surface area contributed by atoms with Gasteiger partial charge in [0.2, 0.25) is 0 Å². The summed E-state index contributed by atoms with van der Waals surface area (Å²) >= 11 is 0. The van der Waals surface area contributed by atoms with Gasteiger partial charge in [-0.25, -0.2) is 0 Å². The monoisotopic (exact) mass is 821 g/mol.